The summed E-state index contributed by atoms with van der Waals surface area (Å²) >= 11 is 0. The minimum absolute atomic E-state index is 0.142. The lowest BCUT2D eigenvalue weighted by Crippen LogP contribution is -2.49. The van der Waals surface area contributed by atoms with Crippen molar-refractivity contribution in [3.63, 3.8) is 0 Å². The molecular formula is C38H51N3O7. The number of nitrogens with one attached hydrogen (secondary N) is 2. The van der Waals surface area contributed by atoms with Crippen LogP contribution in [0.2, 0.25) is 0 Å². The van der Waals surface area contributed by atoms with Gasteiger partial charge in [-0.25, -0.2) is 0 Å². The minimum Gasteiger partial charge on any atom is -0.490 e. The topological polar surface area (TPSA) is 164 Å². The van der Waals surface area contributed by atoms with Crippen LogP contribution < -0.4 is 15.4 Å². The van der Waals surface area contributed by atoms with E-state index in [1.54, 1.807) is 0 Å². The lowest BCUT2D eigenvalue weighted by Gasteiger charge is -2.25. The highest BCUT2D eigenvalue weighted by Crippen LogP contribution is 2.50. The first-order valence-corrected chi connectivity index (χ1v) is 17.3. The molecule has 0 aliphatic heterocycles. The van der Waals surface area contributed by atoms with Gasteiger partial charge in [-0.15, -0.1) is 0 Å². The van der Waals surface area contributed by atoms with Crippen LogP contribution in [0.1, 0.15) is 87.0 Å². The van der Waals surface area contributed by atoms with E-state index in [4.69, 9.17) is 9.84 Å². The van der Waals surface area contributed by atoms with Gasteiger partial charge in [0.2, 0.25) is 5.91 Å². The van der Waals surface area contributed by atoms with Crippen LogP contribution in [0.15, 0.2) is 60.9 Å². The third kappa shape index (κ3) is 8.99. The summed E-state index contributed by atoms with van der Waals surface area (Å²) in [5.41, 5.74) is 7.14. The molecule has 7 N–H and O–H groups in total. The molecular weight excluding hydrogens is 610 g/mol. The van der Waals surface area contributed by atoms with Crippen molar-refractivity contribution in [2.24, 2.45) is 0 Å². The number of aliphatic hydroxyl groups is 5. The fourth-order valence-corrected chi connectivity index (χ4v) is 6.29. The van der Waals surface area contributed by atoms with Crippen molar-refractivity contribution in [3.8, 4) is 16.9 Å². The molecule has 0 saturated heterocycles. The maximum Gasteiger partial charge on any atom is 0.220 e. The highest BCUT2D eigenvalue weighted by Gasteiger charge is 2.46. The normalized spacial score (nSPS) is 18.4. The number of benzene rings is 2. The summed E-state index contributed by atoms with van der Waals surface area (Å²) in [6, 6.07) is 17.1. The van der Waals surface area contributed by atoms with E-state index in [-0.39, 0.29) is 30.3 Å². The van der Waals surface area contributed by atoms with E-state index in [1.807, 2.05) is 18.5 Å². The summed E-state index contributed by atoms with van der Waals surface area (Å²) < 4.78 is 6.28. The number of nitrogens with zero attached hydrogens (tertiary/aromatic N) is 1. The fraction of sp³-hybridized carbons (Fsp3) is 0.526. The Morgan fingerprint density at radius 2 is 1.75 bits per heavy atom. The van der Waals surface area contributed by atoms with Gasteiger partial charge < -0.3 is 40.9 Å². The van der Waals surface area contributed by atoms with Crippen LogP contribution >= 0.6 is 0 Å². The van der Waals surface area contributed by atoms with Gasteiger partial charge in [0.05, 0.1) is 18.8 Å². The lowest BCUT2D eigenvalue weighted by atomic mass is 9.91. The molecule has 0 radical (unpaired) electrons. The van der Waals surface area contributed by atoms with Gasteiger partial charge in [0.15, 0.2) is 0 Å². The summed E-state index contributed by atoms with van der Waals surface area (Å²) in [6.45, 7) is 4.04. The molecule has 260 valence electrons. The van der Waals surface area contributed by atoms with E-state index in [9.17, 15) is 25.2 Å². The minimum atomic E-state index is -1.72. The number of rotatable bonds is 19. The quantitative estimate of drug-likeness (QED) is 0.102. The third-order valence-electron chi connectivity index (χ3n) is 9.75. The van der Waals surface area contributed by atoms with E-state index < -0.39 is 31.0 Å². The van der Waals surface area contributed by atoms with Gasteiger partial charge in [0.25, 0.3) is 0 Å². The number of carbonyl (C=O) groups excluding carboxylic acids is 1. The Morgan fingerprint density at radius 3 is 2.46 bits per heavy atom. The molecule has 10 heteroatoms. The number of para-hydroxylation sites is 1. The van der Waals surface area contributed by atoms with Gasteiger partial charge >= 0.3 is 0 Å². The first kappa shape index (κ1) is 35.9. The molecule has 0 bridgehead atoms. The average molecular weight is 662 g/mol. The second kappa shape index (κ2) is 16.3. The number of aliphatic hydroxyl groups excluding tert-OH is 5. The Hall–Kier alpha value is -3.38. The molecule has 10 nitrogen and oxygen atoms in total. The molecule has 5 unspecified atom stereocenters. The number of hydrogen-bond acceptors (Lipinski definition) is 9. The summed E-state index contributed by atoms with van der Waals surface area (Å²) in [7, 11) is 0. The maximum atomic E-state index is 12.4. The number of aryl methyl sites for hydroxylation is 1. The van der Waals surface area contributed by atoms with Crippen LogP contribution in [0.3, 0.4) is 0 Å². The van der Waals surface area contributed by atoms with E-state index >= 15 is 0 Å². The predicted molar refractivity (Wildman–Crippen MR) is 183 cm³/mol. The van der Waals surface area contributed by atoms with Gasteiger partial charge in [-0.1, -0.05) is 50.2 Å². The number of hydrogen-bond donors (Lipinski definition) is 7. The molecule has 3 aromatic rings. The second-order valence-corrected chi connectivity index (χ2v) is 13.4. The van der Waals surface area contributed by atoms with Gasteiger partial charge in [-0.05, 0) is 90.8 Å². The first-order valence-electron chi connectivity index (χ1n) is 17.3. The molecule has 5 atom stereocenters. The van der Waals surface area contributed by atoms with Crippen molar-refractivity contribution < 1.29 is 35.1 Å². The fourth-order valence-electron chi connectivity index (χ4n) is 6.29. The molecule has 2 aliphatic rings. The maximum absolute atomic E-state index is 12.4. The van der Waals surface area contributed by atoms with E-state index in [2.05, 4.69) is 71.9 Å². The molecule has 5 rings (SSSR count). The van der Waals surface area contributed by atoms with Gasteiger partial charge in [-0.3, -0.25) is 9.78 Å². The second-order valence-electron chi connectivity index (χ2n) is 13.4. The van der Waals surface area contributed by atoms with Crippen LogP contribution in [0, 0.1) is 0 Å². The largest absolute Gasteiger partial charge is 0.490 e. The number of amides is 1. The van der Waals surface area contributed by atoms with Crippen LogP contribution in [-0.4, -0.2) is 80.1 Å². The Bertz CT molecular complexity index is 1510. The standard InChI is InChI=1S/C38H51N3O7/c1-3-25-11-12-26(24(2)7-6-10-35(45)40-22-32(43)36(46)37(47)33(44)23-42)19-27(25)20-41-38(16-17-38)31-21-39-18-15-29(31)30-8-4-5-9-34(30)48-28-13-14-28/h4-5,8-9,11-12,15,18-19,21,24,28,32-33,36-37,41-44,46-47H,3,6-7,10,13-14,16-17,20,22-23H2,1-2H3,(H,40,45). The first-order chi connectivity index (χ1) is 23.2. The Labute approximate surface area is 283 Å². The van der Waals surface area contributed by atoms with Crippen molar-refractivity contribution in [1.29, 1.82) is 0 Å². The predicted octanol–water partition coefficient (Wildman–Crippen LogP) is 3.46. The van der Waals surface area contributed by atoms with E-state index in [0.29, 0.717) is 12.5 Å². The number of ether oxygens (including phenoxy) is 1. The smallest absolute Gasteiger partial charge is 0.220 e. The number of carbonyl (C=O) groups is 1. The Kier molecular flexibility index (Phi) is 12.2. The average Bonchev–Trinajstić information content (AvgIpc) is 4.06. The van der Waals surface area contributed by atoms with Crippen molar-refractivity contribution in [3.05, 3.63) is 83.2 Å². The van der Waals surface area contributed by atoms with Crippen LogP contribution in [0.5, 0.6) is 5.75 Å². The van der Waals surface area contributed by atoms with E-state index in [0.717, 1.165) is 61.9 Å². The van der Waals surface area contributed by atoms with Gasteiger partial charge in [0.1, 0.15) is 24.1 Å². The molecule has 0 spiro atoms. The van der Waals surface area contributed by atoms with Crippen LogP contribution in [0.4, 0.5) is 0 Å². The molecule has 1 heterocycles. The zero-order valence-electron chi connectivity index (χ0n) is 28.0. The lowest BCUT2D eigenvalue weighted by molar-refractivity contribution is -0.126. The zero-order valence-corrected chi connectivity index (χ0v) is 28.0. The summed E-state index contributed by atoms with van der Waals surface area (Å²) in [5.74, 6) is 0.887. The monoisotopic (exact) mass is 661 g/mol. The molecule has 2 aromatic carbocycles. The zero-order chi connectivity index (χ0) is 34.3. The summed E-state index contributed by atoms with van der Waals surface area (Å²) in [5, 5.41) is 54.6. The SMILES string of the molecule is CCc1ccc(C(C)CCCC(=O)NCC(O)C(O)C(O)C(O)CO)cc1CNC1(c2cnccc2-c2ccccc2OC2CC2)CC1. The van der Waals surface area contributed by atoms with E-state index in [1.165, 1.54) is 22.3 Å². The van der Waals surface area contributed by atoms with Crippen molar-refractivity contribution in [1.82, 2.24) is 15.6 Å². The van der Waals surface area contributed by atoms with Crippen molar-refractivity contribution in [2.75, 3.05) is 13.2 Å². The van der Waals surface area contributed by atoms with Crippen LogP contribution in [0.25, 0.3) is 11.1 Å². The molecule has 2 aliphatic carbocycles. The Morgan fingerprint density at radius 1 is 1.00 bits per heavy atom. The third-order valence-corrected chi connectivity index (χ3v) is 9.75. The van der Waals surface area contributed by atoms with Crippen molar-refractivity contribution >= 4 is 5.91 Å². The molecule has 48 heavy (non-hydrogen) atoms. The number of pyridine rings is 1. The van der Waals surface area contributed by atoms with Gasteiger partial charge in [0, 0.05) is 43.0 Å². The van der Waals surface area contributed by atoms with Crippen LogP contribution in [-0.2, 0) is 23.3 Å². The molecule has 1 aromatic heterocycles. The molecule has 1 amide bonds. The summed E-state index contributed by atoms with van der Waals surface area (Å²) in [6.07, 6.45) is 4.61. The summed E-state index contributed by atoms with van der Waals surface area (Å²) in [4.78, 5) is 16.9. The highest BCUT2D eigenvalue weighted by molar-refractivity contribution is 5.76. The Balaban J connectivity index is 1.17. The number of aromatic nitrogens is 1. The van der Waals surface area contributed by atoms with Crippen molar-refractivity contribution in [2.45, 2.75) is 114 Å². The molecule has 2 saturated carbocycles. The van der Waals surface area contributed by atoms with Gasteiger partial charge in [-0.2, -0.15) is 0 Å². The highest BCUT2D eigenvalue weighted by atomic mass is 16.5. The molecule has 2 fully saturated rings.